The SMILES string of the molecule is Cc1cc(NC(=O)c2c(C)c(C(=O)C(=O)NC[C@@H](C)O)n(C)c2C)ccc1F. The van der Waals surface area contributed by atoms with Crippen molar-refractivity contribution < 1.29 is 23.9 Å². The second-order valence-electron chi connectivity index (χ2n) is 6.80. The van der Waals surface area contributed by atoms with Gasteiger partial charge in [0.2, 0.25) is 0 Å². The first-order valence-electron chi connectivity index (χ1n) is 8.78. The van der Waals surface area contributed by atoms with Gasteiger partial charge in [0.1, 0.15) is 5.82 Å². The van der Waals surface area contributed by atoms with Crippen LogP contribution in [0.3, 0.4) is 0 Å². The van der Waals surface area contributed by atoms with E-state index in [2.05, 4.69) is 10.6 Å². The van der Waals surface area contributed by atoms with E-state index in [1.807, 2.05) is 0 Å². The molecule has 2 aromatic rings. The maximum absolute atomic E-state index is 13.4. The average Bonchev–Trinajstić information content (AvgIpc) is 2.84. The zero-order valence-corrected chi connectivity index (χ0v) is 16.5. The molecule has 0 aliphatic carbocycles. The number of halogens is 1. The van der Waals surface area contributed by atoms with Crippen LogP contribution in [0, 0.1) is 26.6 Å². The number of carbonyl (C=O) groups excluding carboxylic acids is 3. The number of anilines is 1. The number of nitrogens with zero attached hydrogens (tertiary/aromatic N) is 1. The minimum atomic E-state index is -0.856. The molecular weight excluding hydrogens is 365 g/mol. The predicted octanol–water partition coefficient (Wildman–Crippen LogP) is 2.02. The van der Waals surface area contributed by atoms with Crippen LogP contribution in [-0.4, -0.2) is 39.9 Å². The van der Waals surface area contributed by atoms with E-state index in [-0.39, 0.29) is 23.6 Å². The third-order valence-corrected chi connectivity index (χ3v) is 4.55. The molecule has 0 radical (unpaired) electrons. The number of aliphatic hydroxyl groups excluding tert-OH is 1. The molecule has 7 nitrogen and oxygen atoms in total. The Morgan fingerprint density at radius 3 is 2.43 bits per heavy atom. The van der Waals surface area contributed by atoms with Crippen molar-refractivity contribution in [1.29, 1.82) is 0 Å². The topological polar surface area (TPSA) is 100 Å². The van der Waals surface area contributed by atoms with Crippen molar-refractivity contribution in [3.05, 3.63) is 52.1 Å². The van der Waals surface area contributed by atoms with Gasteiger partial charge in [0, 0.05) is 25.0 Å². The first-order chi connectivity index (χ1) is 13.0. The number of nitrogens with one attached hydrogen (secondary N) is 2. The fourth-order valence-corrected chi connectivity index (χ4v) is 2.98. The lowest BCUT2D eigenvalue weighted by Gasteiger charge is -2.08. The molecular formula is C20H24FN3O4. The van der Waals surface area contributed by atoms with Crippen LogP contribution in [0.2, 0.25) is 0 Å². The summed E-state index contributed by atoms with van der Waals surface area (Å²) in [4.78, 5) is 37.4. The number of carbonyl (C=O) groups is 3. The standard InChI is InChI=1S/C20H24FN3O4/c1-10-8-14(6-7-15(10)21)23-19(27)16-12(3)17(24(5)13(16)4)18(26)20(28)22-9-11(2)25/h6-8,11,25H,9H2,1-5H3,(H,22,28)(H,23,27)/t11-/m1/s1. The summed E-state index contributed by atoms with van der Waals surface area (Å²) in [5.74, 6) is -2.48. The molecule has 0 unspecified atom stereocenters. The second kappa shape index (κ2) is 8.35. The van der Waals surface area contributed by atoms with Gasteiger partial charge in [-0.3, -0.25) is 14.4 Å². The molecule has 0 saturated heterocycles. The molecule has 1 atom stereocenters. The van der Waals surface area contributed by atoms with Crippen molar-refractivity contribution in [3.8, 4) is 0 Å². The van der Waals surface area contributed by atoms with Crippen LogP contribution in [0.5, 0.6) is 0 Å². The van der Waals surface area contributed by atoms with Gasteiger partial charge in [-0.25, -0.2) is 4.39 Å². The molecule has 2 rings (SSSR count). The van der Waals surface area contributed by atoms with E-state index in [0.29, 0.717) is 22.5 Å². The summed E-state index contributed by atoms with van der Waals surface area (Å²) < 4.78 is 14.9. The molecule has 1 heterocycles. The van der Waals surface area contributed by atoms with Crippen LogP contribution >= 0.6 is 0 Å². The minimum Gasteiger partial charge on any atom is -0.392 e. The van der Waals surface area contributed by atoms with E-state index in [4.69, 9.17) is 0 Å². The molecule has 8 heteroatoms. The highest BCUT2D eigenvalue weighted by Crippen LogP contribution is 2.23. The zero-order chi connectivity index (χ0) is 21.2. The summed E-state index contributed by atoms with van der Waals surface area (Å²) >= 11 is 0. The Kier molecular flexibility index (Phi) is 6.35. The summed E-state index contributed by atoms with van der Waals surface area (Å²) in [7, 11) is 1.59. The Bertz CT molecular complexity index is 947. The Morgan fingerprint density at radius 2 is 1.86 bits per heavy atom. The van der Waals surface area contributed by atoms with Crippen molar-refractivity contribution in [3.63, 3.8) is 0 Å². The van der Waals surface area contributed by atoms with E-state index in [1.165, 1.54) is 29.7 Å². The lowest BCUT2D eigenvalue weighted by Crippen LogP contribution is -2.36. The number of ketones is 1. The van der Waals surface area contributed by atoms with Crippen molar-refractivity contribution in [1.82, 2.24) is 9.88 Å². The highest BCUT2D eigenvalue weighted by Gasteiger charge is 2.28. The molecule has 2 amide bonds. The van der Waals surface area contributed by atoms with Gasteiger partial charge in [-0.1, -0.05) is 0 Å². The summed E-state index contributed by atoms with van der Waals surface area (Å²) in [5.41, 5.74) is 2.07. The van der Waals surface area contributed by atoms with Crippen molar-refractivity contribution in [2.45, 2.75) is 33.8 Å². The first-order valence-corrected chi connectivity index (χ1v) is 8.78. The lowest BCUT2D eigenvalue weighted by molar-refractivity contribution is -0.117. The smallest absolute Gasteiger partial charge is 0.294 e. The number of aromatic nitrogens is 1. The number of aryl methyl sites for hydroxylation is 1. The molecule has 0 aliphatic heterocycles. The predicted molar refractivity (Wildman–Crippen MR) is 103 cm³/mol. The highest BCUT2D eigenvalue weighted by atomic mass is 19.1. The first kappa shape index (κ1) is 21.3. The fourth-order valence-electron chi connectivity index (χ4n) is 2.98. The van der Waals surface area contributed by atoms with Crippen LogP contribution in [0.25, 0.3) is 0 Å². The molecule has 1 aromatic heterocycles. The Hall–Kier alpha value is -3.00. The summed E-state index contributed by atoms with van der Waals surface area (Å²) in [5, 5.41) is 14.3. The Morgan fingerprint density at radius 1 is 1.21 bits per heavy atom. The van der Waals surface area contributed by atoms with E-state index < -0.39 is 23.7 Å². The normalized spacial score (nSPS) is 11.8. The Labute approximate surface area is 162 Å². The molecule has 1 aromatic carbocycles. The van der Waals surface area contributed by atoms with Gasteiger partial charge in [0.05, 0.1) is 17.4 Å². The number of hydrogen-bond donors (Lipinski definition) is 3. The van der Waals surface area contributed by atoms with Crippen LogP contribution in [-0.2, 0) is 11.8 Å². The van der Waals surface area contributed by atoms with Crippen molar-refractivity contribution in [2.24, 2.45) is 7.05 Å². The number of benzene rings is 1. The van der Waals surface area contributed by atoms with Crippen LogP contribution < -0.4 is 10.6 Å². The third kappa shape index (κ3) is 4.28. The van der Waals surface area contributed by atoms with Gasteiger partial charge in [0.15, 0.2) is 0 Å². The third-order valence-electron chi connectivity index (χ3n) is 4.55. The van der Waals surface area contributed by atoms with Gasteiger partial charge in [-0.15, -0.1) is 0 Å². The summed E-state index contributed by atoms with van der Waals surface area (Å²) in [6.45, 7) is 6.29. The van der Waals surface area contributed by atoms with Crippen molar-refractivity contribution in [2.75, 3.05) is 11.9 Å². The molecule has 3 N–H and O–H groups in total. The van der Waals surface area contributed by atoms with Gasteiger partial charge >= 0.3 is 0 Å². The number of Topliss-reactive ketones (excluding diaryl/α,β-unsaturated/α-hetero) is 1. The number of hydrogen-bond acceptors (Lipinski definition) is 4. The molecule has 150 valence electrons. The van der Waals surface area contributed by atoms with Crippen LogP contribution in [0.1, 0.15) is 44.6 Å². The molecule has 0 aliphatic rings. The van der Waals surface area contributed by atoms with E-state index >= 15 is 0 Å². The average molecular weight is 389 g/mol. The Balaban J connectivity index is 2.32. The van der Waals surface area contributed by atoms with Gasteiger partial charge in [-0.05, 0) is 57.0 Å². The minimum absolute atomic E-state index is 0.0513. The van der Waals surface area contributed by atoms with E-state index in [1.54, 1.807) is 27.8 Å². The summed E-state index contributed by atoms with van der Waals surface area (Å²) in [6, 6.07) is 4.22. The van der Waals surface area contributed by atoms with Crippen molar-refractivity contribution >= 4 is 23.3 Å². The van der Waals surface area contributed by atoms with Crippen LogP contribution in [0.15, 0.2) is 18.2 Å². The highest BCUT2D eigenvalue weighted by molar-refractivity contribution is 6.43. The largest absolute Gasteiger partial charge is 0.392 e. The van der Waals surface area contributed by atoms with E-state index in [9.17, 15) is 23.9 Å². The van der Waals surface area contributed by atoms with Crippen LogP contribution in [0.4, 0.5) is 10.1 Å². The molecule has 28 heavy (non-hydrogen) atoms. The number of aliphatic hydroxyl groups is 1. The van der Waals surface area contributed by atoms with Gasteiger partial charge in [0.25, 0.3) is 17.6 Å². The zero-order valence-electron chi connectivity index (χ0n) is 16.5. The lowest BCUT2D eigenvalue weighted by atomic mass is 10.1. The fraction of sp³-hybridized carbons (Fsp3) is 0.350. The molecule has 0 saturated carbocycles. The monoisotopic (exact) mass is 389 g/mol. The van der Waals surface area contributed by atoms with Gasteiger partial charge < -0.3 is 20.3 Å². The second-order valence-corrected chi connectivity index (χ2v) is 6.80. The maximum Gasteiger partial charge on any atom is 0.294 e. The molecule has 0 bridgehead atoms. The molecule has 0 spiro atoms. The molecule has 0 fully saturated rings. The number of amides is 2. The van der Waals surface area contributed by atoms with E-state index in [0.717, 1.165) is 0 Å². The quantitative estimate of drug-likeness (QED) is 0.520. The summed E-state index contributed by atoms with van der Waals surface area (Å²) in [6.07, 6.45) is -0.784. The number of rotatable bonds is 6. The van der Waals surface area contributed by atoms with Gasteiger partial charge in [-0.2, -0.15) is 0 Å². The maximum atomic E-state index is 13.4.